The Morgan fingerprint density at radius 3 is 2.81 bits per heavy atom. The number of para-hydroxylation sites is 1. The zero-order valence-corrected chi connectivity index (χ0v) is 13.6. The van der Waals surface area contributed by atoms with E-state index in [4.69, 9.17) is 4.74 Å². The monoisotopic (exact) mass is 291 g/mol. The molecule has 2 unspecified atom stereocenters. The van der Waals surface area contributed by atoms with Gasteiger partial charge in [0.05, 0.1) is 0 Å². The summed E-state index contributed by atoms with van der Waals surface area (Å²) in [5.74, 6) is 0.856. The Morgan fingerprint density at radius 1 is 1.33 bits per heavy atom. The number of nitrogens with one attached hydrogen (secondary N) is 1. The van der Waals surface area contributed by atoms with Crippen molar-refractivity contribution in [1.82, 2.24) is 5.32 Å². The second kappa shape index (κ2) is 7.28. The highest BCUT2D eigenvalue weighted by atomic mass is 16.5. The SMILES string of the molecule is Cc1ccccc1OCC(O)CNC1CCCCC1(C)C. The molecule has 1 fully saturated rings. The number of aliphatic hydroxyl groups is 1. The summed E-state index contributed by atoms with van der Waals surface area (Å²) < 4.78 is 5.70. The lowest BCUT2D eigenvalue weighted by Gasteiger charge is -2.39. The van der Waals surface area contributed by atoms with Gasteiger partial charge in [0.2, 0.25) is 0 Å². The maximum absolute atomic E-state index is 10.1. The standard InChI is InChI=1S/C18H29NO2/c1-14-8-4-5-9-16(14)21-13-15(20)12-19-17-10-6-7-11-18(17,2)3/h4-5,8-9,15,17,19-20H,6-7,10-13H2,1-3H3. The molecule has 0 aromatic heterocycles. The molecular weight excluding hydrogens is 262 g/mol. The van der Waals surface area contributed by atoms with E-state index in [9.17, 15) is 5.11 Å². The Labute approximate surface area is 128 Å². The van der Waals surface area contributed by atoms with Gasteiger partial charge in [0.15, 0.2) is 0 Å². The Hall–Kier alpha value is -1.06. The van der Waals surface area contributed by atoms with Crippen LogP contribution in [0.15, 0.2) is 24.3 Å². The van der Waals surface area contributed by atoms with E-state index in [0.29, 0.717) is 24.6 Å². The normalized spacial score (nSPS) is 22.8. The fourth-order valence-electron chi connectivity index (χ4n) is 3.11. The Bertz CT molecular complexity index is 445. The van der Waals surface area contributed by atoms with E-state index in [2.05, 4.69) is 19.2 Å². The molecule has 1 aromatic carbocycles. The first-order valence-corrected chi connectivity index (χ1v) is 8.09. The number of hydrogen-bond donors (Lipinski definition) is 2. The van der Waals surface area contributed by atoms with Gasteiger partial charge in [-0.25, -0.2) is 0 Å². The topological polar surface area (TPSA) is 41.5 Å². The number of hydrogen-bond acceptors (Lipinski definition) is 3. The molecule has 0 spiro atoms. The first kappa shape index (κ1) is 16.3. The van der Waals surface area contributed by atoms with Crippen LogP contribution >= 0.6 is 0 Å². The maximum atomic E-state index is 10.1. The van der Waals surface area contributed by atoms with Crippen molar-refractivity contribution >= 4 is 0 Å². The molecule has 0 amide bonds. The lowest BCUT2D eigenvalue weighted by Crippen LogP contribution is -2.47. The number of ether oxygens (including phenoxy) is 1. The molecular formula is C18H29NO2. The molecule has 1 aliphatic carbocycles. The summed E-state index contributed by atoms with van der Waals surface area (Å²) in [5.41, 5.74) is 1.43. The summed E-state index contributed by atoms with van der Waals surface area (Å²) in [5, 5.41) is 13.6. The van der Waals surface area contributed by atoms with E-state index in [0.717, 1.165) is 11.3 Å². The van der Waals surface area contributed by atoms with E-state index in [-0.39, 0.29) is 0 Å². The van der Waals surface area contributed by atoms with Crippen LogP contribution in [0.3, 0.4) is 0 Å². The average molecular weight is 291 g/mol. The molecule has 0 heterocycles. The van der Waals surface area contributed by atoms with Gasteiger partial charge in [0, 0.05) is 12.6 Å². The number of aryl methyl sites for hydroxylation is 1. The largest absolute Gasteiger partial charge is 0.491 e. The van der Waals surface area contributed by atoms with Crippen LogP contribution in [0.2, 0.25) is 0 Å². The number of aliphatic hydroxyl groups excluding tert-OH is 1. The average Bonchev–Trinajstić information content (AvgIpc) is 2.45. The lowest BCUT2D eigenvalue weighted by atomic mass is 9.73. The smallest absolute Gasteiger partial charge is 0.122 e. The first-order chi connectivity index (χ1) is 9.99. The van der Waals surface area contributed by atoms with Crippen LogP contribution in [-0.4, -0.2) is 30.4 Å². The summed E-state index contributed by atoms with van der Waals surface area (Å²) in [6, 6.07) is 8.41. The molecule has 2 rings (SSSR count). The Kier molecular flexibility index (Phi) is 5.65. The zero-order chi connectivity index (χ0) is 15.3. The molecule has 2 atom stereocenters. The van der Waals surface area contributed by atoms with Crippen molar-refractivity contribution in [2.45, 2.75) is 58.6 Å². The highest BCUT2D eigenvalue weighted by molar-refractivity contribution is 5.31. The highest BCUT2D eigenvalue weighted by Gasteiger charge is 2.31. The van der Waals surface area contributed by atoms with Crippen LogP contribution < -0.4 is 10.1 Å². The van der Waals surface area contributed by atoms with Crippen molar-refractivity contribution in [2.24, 2.45) is 5.41 Å². The van der Waals surface area contributed by atoms with E-state index in [1.165, 1.54) is 25.7 Å². The highest BCUT2D eigenvalue weighted by Crippen LogP contribution is 2.35. The second-order valence-electron chi connectivity index (χ2n) is 6.93. The van der Waals surface area contributed by atoms with Gasteiger partial charge >= 0.3 is 0 Å². The Morgan fingerprint density at radius 2 is 2.10 bits per heavy atom. The molecule has 0 bridgehead atoms. The fourth-order valence-corrected chi connectivity index (χ4v) is 3.11. The summed E-state index contributed by atoms with van der Waals surface area (Å²) >= 11 is 0. The molecule has 0 aliphatic heterocycles. The lowest BCUT2D eigenvalue weighted by molar-refractivity contribution is 0.0876. The van der Waals surface area contributed by atoms with Gasteiger partial charge in [-0.1, -0.05) is 44.9 Å². The maximum Gasteiger partial charge on any atom is 0.122 e. The molecule has 1 aromatic rings. The van der Waals surface area contributed by atoms with Crippen LogP contribution in [0.25, 0.3) is 0 Å². The number of benzene rings is 1. The molecule has 0 saturated heterocycles. The number of rotatable bonds is 6. The van der Waals surface area contributed by atoms with Crippen molar-refractivity contribution in [3.63, 3.8) is 0 Å². The van der Waals surface area contributed by atoms with Crippen LogP contribution in [0, 0.1) is 12.3 Å². The summed E-state index contributed by atoms with van der Waals surface area (Å²) in [7, 11) is 0. The molecule has 2 N–H and O–H groups in total. The minimum absolute atomic E-state index is 0.328. The predicted octanol–water partition coefficient (Wildman–Crippen LogP) is 3.29. The molecule has 21 heavy (non-hydrogen) atoms. The molecule has 118 valence electrons. The van der Waals surface area contributed by atoms with Gasteiger partial charge in [0.1, 0.15) is 18.5 Å². The third-order valence-electron chi connectivity index (χ3n) is 4.63. The molecule has 1 aliphatic rings. The molecule has 3 heteroatoms. The van der Waals surface area contributed by atoms with E-state index in [1.807, 2.05) is 31.2 Å². The predicted molar refractivity (Wildman–Crippen MR) is 86.7 cm³/mol. The van der Waals surface area contributed by atoms with Crippen molar-refractivity contribution in [2.75, 3.05) is 13.2 Å². The van der Waals surface area contributed by atoms with Gasteiger partial charge in [-0.3, -0.25) is 0 Å². The zero-order valence-electron chi connectivity index (χ0n) is 13.6. The van der Waals surface area contributed by atoms with Crippen molar-refractivity contribution in [1.29, 1.82) is 0 Å². The summed E-state index contributed by atoms with van der Waals surface area (Å²) in [6.07, 6.45) is 4.61. The van der Waals surface area contributed by atoms with Crippen molar-refractivity contribution in [3.05, 3.63) is 29.8 Å². The third-order valence-corrected chi connectivity index (χ3v) is 4.63. The van der Waals surface area contributed by atoms with E-state index >= 15 is 0 Å². The van der Waals surface area contributed by atoms with Crippen LogP contribution in [-0.2, 0) is 0 Å². The molecule has 1 saturated carbocycles. The Balaban J connectivity index is 1.75. The molecule has 0 radical (unpaired) electrons. The first-order valence-electron chi connectivity index (χ1n) is 8.09. The van der Waals surface area contributed by atoms with Gasteiger partial charge in [-0.15, -0.1) is 0 Å². The third kappa shape index (κ3) is 4.72. The van der Waals surface area contributed by atoms with Gasteiger partial charge in [-0.05, 0) is 36.8 Å². The van der Waals surface area contributed by atoms with Gasteiger partial charge in [0.25, 0.3) is 0 Å². The minimum Gasteiger partial charge on any atom is -0.491 e. The van der Waals surface area contributed by atoms with Crippen molar-refractivity contribution < 1.29 is 9.84 Å². The van der Waals surface area contributed by atoms with Crippen LogP contribution in [0.5, 0.6) is 5.75 Å². The minimum atomic E-state index is -0.470. The fraction of sp³-hybridized carbons (Fsp3) is 0.667. The molecule has 3 nitrogen and oxygen atoms in total. The van der Waals surface area contributed by atoms with Crippen molar-refractivity contribution in [3.8, 4) is 5.75 Å². The van der Waals surface area contributed by atoms with E-state index < -0.39 is 6.10 Å². The van der Waals surface area contributed by atoms with Crippen LogP contribution in [0.4, 0.5) is 0 Å². The summed E-state index contributed by atoms with van der Waals surface area (Å²) in [4.78, 5) is 0. The van der Waals surface area contributed by atoms with Gasteiger partial charge in [-0.2, -0.15) is 0 Å². The van der Waals surface area contributed by atoms with E-state index in [1.54, 1.807) is 0 Å². The van der Waals surface area contributed by atoms with Crippen LogP contribution in [0.1, 0.15) is 45.1 Å². The summed E-state index contributed by atoms with van der Waals surface area (Å²) in [6.45, 7) is 7.59. The second-order valence-corrected chi connectivity index (χ2v) is 6.93. The van der Waals surface area contributed by atoms with Gasteiger partial charge < -0.3 is 15.2 Å². The quantitative estimate of drug-likeness (QED) is 0.845.